The number of fused-ring (bicyclic) bond motifs is 3. The number of carbonyl (C=O) groups is 1. The summed E-state index contributed by atoms with van der Waals surface area (Å²) in [7, 11) is 0. The van der Waals surface area contributed by atoms with Gasteiger partial charge in [0.05, 0.1) is 5.56 Å². The summed E-state index contributed by atoms with van der Waals surface area (Å²) in [6.45, 7) is 1.93. The van der Waals surface area contributed by atoms with Crippen LogP contribution in [-0.4, -0.2) is 15.2 Å². The number of benzene rings is 1. The van der Waals surface area contributed by atoms with Crippen LogP contribution in [0.3, 0.4) is 0 Å². The molecular weight excluding hydrogens is 288 g/mol. The highest BCUT2D eigenvalue weighted by molar-refractivity contribution is 6.13. The molecule has 1 aliphatic rings. The number of nitrogens with zero attached hydrogens (tertiary/aromatic N) is 1. The topological polar surface area (TPSA) is 54.3 Å². The van der Waals surface area contributed by atoms with Crippen molar-refractivity contribution in [3.8, 4) is 0 Å². The molecule has 0 saturated heterocycles. The summed E-state index contributed by atoms with van der Waals surface area (Å²) in [4.78, 5) is 28.6. The second-order valence-electron chi connectivity index (χ2n) is 6.17. The maximum atomic E-state index is 13.0. The monoisotopic (exact) mass is 306 g/mol. The lowest BCUT2D eigenvalue weighted by Crippen LogP contribution is -2.18. The Kier molecular flexibility index (Phi) is 3.18. The summed E-state index contributed by atoms with van der Waals surface area (Å²) in [5.41, 5.74) is 4.89. The Morgan fingerprint density at radius 1 is 1.04 bits per heavy atom. The number of pyridine rings is 1. The summed E-state index contributed by atoms with van der Waals surface area (Å²) >= 11 is 0. The van der Waals surface area contributed by atoms with Gasteiger partial charge in [-0.2, -0.15) is 0 Å². The molecule has 0 atom stereocenters. The molecule has 0 aliphatic heterocycles. The zero-order valence-corrected chi connectivity index (χ0v) is 13.1. The summed E-state index contributed by atoms with van der Waals surface area (Å²) in [5, 5.41) is 0. The summed E-state index contributed by atoms with van der Waals surface area (Å²) < 4.78 is 1.69. The third kappa shape index (κ3) is 2.13. The molecule has 0 fully saturated rings. The van der Waals surface area contributed by atoms with E-state index < -0.39 is 0 Å². The molecule has 23 heavy (non-hydrogen) atoms. The first-order valence-electron chi connectivity index (χ1n) is 8.02. The van der Waals surface area contributed by atoms with E-state index in [1.807, 2.05) is 31.2 Å². The van der Waals surface area contributed by atoms with Crippen molar-refractivity contribution in [2.24, 2.45) is 0 Å². The highest BCUT2D eigenvalue weighted by Crippen LogP contribution is 2.24. The molecule has 2 aromatic heterocycles. The maximum Gasteiger partial charge on any atom is 0.256 e. The second kappa shape index (κ2) is 5.23. The molecule has 1 aliphatic carbocycles. The van der Waals surface area contributed by atoms with Gasteiger partial charge in [-0.25, -0.2) is 0 Å². The lowest BCUT2D eigenvalue weighted by atomic mass is 10.00. The summed E-state index contributed by atoms with van der Waals surface area (Å²) in [6, 6.07) is 10.7. The maximum absolute atomic E-state index is 13.0. The molecule has 1 N–H and O–H groups in total. The molecule has 4 heteroatoms. The van der Waals surface area contributed by atoms with Gasteiger partial charge in [0.1, 0.15) is 5.65 Å². The molecule has 0 bridgehead atoms. The average Bonchev–Trinajstić information content (AvgIpc) is 2.95. The third-order valence-electron chi connectivity index (χ3n) is 4.70. The minimum Gasteiger partial charge on any atom is -0.343 e. The Balaban J connectivity index is 1.97. The quantitative estimate of drug-likeness (QED) is 0.740. The number of aromatic amines is 1. The third-order valence-corrected chi connectivity index (χ3v) is 4.70. The summed E-state index contributed by atoms with van der Waals surface area (Å²) in [6.07, 6.45) is 4.03. The van der Waals surface area contributed by atoms with Gasteiger partial charge in [0.15, 0.2) is 5.78 Å². The van der Waals surface area contributed by atoms with Gasteiger partial charge in [0.25, 0.3) is 5.56 Å². The van der Waals surface area contributed by atoms with Crippen LogP contribution in [-0.2, 0) is 12.8 Å². The fourth-order valence-electron chi connectivity index (χ4n) is 3.50. The lowest BCUT2D eigenvalue weighted by Gasteiger charge is -2.10. The van der Waals surface area contributed by atoms with E-state index in [2.05, 4.69) is 4.98 Å². The number of hydrogen-bond acceptors (Lipinski definition) is 2. The van der Waals surface area contributed by atoms with Gasteiger partial charge in [-0.05, 0) is 44.2 Å². The highest BCUT2D eigenvalue weighted by Gasteiger charge is 2.21. The van der Waals surface area contributed by atoms with Crippen molar-refractivity contribution < 1.29 is 4.79 Å². The summed E-state index contributed by atoms with van der Waals surface area (Å²) in [5.74, 6) is -0.0424. The van der Waals surface area contributed by atoms with E-state index in [1.165, 1.54) is 6.07 Å². The molecule has 0 unspecified atom stereocenters. The van der Waals surface area contributed by atoms with Crippen molar-refractivity contribution in [3.63, 3.8) is 0 Å². The van der Waals surface area contributed by atoms with E-state index in [4.69, 9.17) is 0 Å². The van der Waals surface area contributed by atoms with Crippen LogP contribution in [0.15, 0.2) is 41.2 Å². The predicted octanol–water partition coefficient (Wildman–Crippen LogP) is 3.05. The number of ketones is 1. The number of imidazole rings is 1. The van der Waals surface area contributed by atoms with Gasteiger partial charge in [0, 0.05) is 23.0 Å². The van der Waals surface area contributed by atoms with Crippen LogP contribution in [0.4, 0.5) is 0 Å². The molecule has 0 saturated carbocycles. The van der Waals surface area contributed by atoms with E-state index >= 15 is 0 Å². The second-order valence-corrected chi connectivity index (χ2v) is 6.17. The van der Waals surface area contributed by atoms with E-state index in [1.54, 1.807) is 10.5 Å². The smallest absolute Gasteiger partial charge is 0.256 e. The number of aromatic nitrogens is 2. The van der Waals surface area contributed by atoms with Crippen LogP contribution in [0.2, 0.25) is 0 Å². The van der Waals surface area contributed by atoms with Crippen LogP contribution in [0.5, 0.6) is 0 Å². The minimum atomic E-state index is -0.0688. The van der Waals surface area contributed by atoms with Gasteiger partial charge in [-0.1, -0.05) is 24.3 Å². The standard InChI is InChI=1S/C19H18N2O2/c1-12-6-2-3-7-13(12)18(23)14-10-11-17(22)21-16-9-5-4-8-15(16)20-19(14)21/h2-3,6-7,10-11,20H,4-5,8-9H2,1H3. The van der Waals surface area contributed by atoms with Crippen molar-refractivity contribution in [1.82, 2.24) is 9.38 Å². The first-order valence-corrected chi connectivity index (χ1v) is 8.02. The molecule has 4 rings (SSSR count). The fourth-order valence-corrected chi connectivity index (χ4v) is 3.50. The van der Waals surface area contributed by atoms with E-state index in [-0.39, 0.29) is 11.3 Å². The SMILES string of the molecule is Cc1ccccc1C(=O)c1ccc(=O)n2c3c([nH]c12)CCCC3. The molecule has 0 radical (unpaired) electrons. The van der Waals surface area contributed by atoms with Gasteiger partial charge in [-0.3, -0.25) is 14.0 Å². The van der Waals surface area contributed by atoms with Gasteiger partial charge < -0.3 is 4.98 Å². The average molecular weight is 306 g/mol. The Bertz CT molecular complexity index is 979. The Morgan fingerprint density at radius 2 is 1.83 bits per heavy atom. The number of carbonyl (C=O) groups excluding carboxylic acids is 1. The fraction of sp³-hybridized carbons (Fsp3) is 0.263. The van der Waals surface area contributed by atoms with Crippen LogP contribution >= 0.6 is 0 Å². The van der Waals surface area contributed by atoms with Crippen LogP contribution < -0.4 is 5.56 Å². The molecule has 2 heterocycles. The molecular formula is C19H18N2O2. The van der Waals surface area contributed by atoms with Crippen molar-refractivity contribution in [2.75, 3.05) is 0 Å². The zero-order valence-electron chi connectivity index (χ0n) is 13.1. The number of rotatable bonds is 2. The van der Waals surface area contributed by atoms with Crippen molar-refractivity contribution in [1.29, 1.82) is 0 Å². The first-order chi connectivity index (χ1) is 11.2. The van der Waals surface area contributed by atoms with E-state index in [9.17, 15) is 9.59 Å². The number of hydrogen-bond donors (Lipinski definition) is 1. The van der Waals surface area contributed by atoms with Gasteiger partial charge in [-0.15, -0.1) is 0 Å². The normalized spacial score (nSPS) is 14.0. The molecule has 4 nitrogen and oxygen atoms in total. The highest BCUT2D eigenvalue weighted by atomic mass is 16.1. The van der Waals surface area contributed by atoms with Crippen LogP contribution in [0.25, 0.3) is 5.65 Å². The Hall–Kier alpha value is -2.62. The van der Waals surface area contributed by atoms with Gasteiger partial charge in [0.2, 0.25) is 0 Å². The van der Waals surface area contributed by atoms with Crippen molar-refractivity contribution in [3.05, 3.63) is 74.8 Å². The number of aryl methyl sites for hydroxylation is 3. The van der Waals surface area contributed by atoms with E-state index in [0.717, 1.165) is 42.6 Å². The largest absolute Gasteiger partial charge is 0.343 e. The lowest BCUT2D eigenvalue weighted by molar-refractivity contribution is 0.103. The zero-order chi connectivity index (χ0) is 16.0. The molecule has 1 aromatic carbocycles. The number of nitrogens with one attached hydrogen (secondary N) is 1. The van der Waals surface area contributed by atoms with E-state index in [0.29, 0.717) is 16.8 Å². The van der Waals surface area contributed by atoms with Crippen LogP contribution in [0.1, 0.15) is 45.7 Å². The van der Waals surface area contributed by atoms with Crippen molar-refractivity contribution >= 4 is 11.4 Å². The Morgan fingerprint density at radius 3 is 2.65 bits per heavy atom. The predicted molar refractivity (Wildman–Crippen MR) is 89.3 cm³/mol. The molecule has 0 amide bonds. The minimum absolute atomic E-state index is 0.0424. The van der Waals surface area contributed by atoms with Gasteiger partial charge >= 0.3 is 0 Å². The Labute approximate surface area is 133 Å². The molecule has 3 aromatic rings. The molecule has 116 valence electrons. The molecule has 0 spiro atoms. The van der Waals surface area contributed by atoms with Crippen LogP contribution in [0, 0.1) is 6.92 Å². The van der Waals surface area contributed by atoms with Crippen molar-refractivity contribution in [2.45, 2.75) is 32.6 Å². The number of H-pyrrole nitrogens is 1. The first kappa shape index (κ1) is 14.0.